The first-order valence-electron chi connectivity index (χ1n) is 3.93. The number of rotatable bonds is 1. The average Bonchev–Trinajstić information content (AvgIpc) is 2.09. The van der Waals surface area contributed by atoms with E-state index in [9.17, 15) is 0 Å². The second-order valence-electron chi connectivity index (χ2n) is 2.58. The first kappa shape index (κ1) is 12.1. The first-order chi connectivity index (χ1) is 5.27. The highest BCUT2D eigenvalue weighted by Crippen LogP contribution is 2.46. The molecule has 1 aliphatic rings. The molecule has 1 saturated heterocycles. The van der Waals surface area contributed by atoms with Crippen molar-refractivity contribution in [2.24, 2.45) is 0 Å². The normalized spacial score (nSPS) is 17.5. The standard InChI is InChI=1S/C4H11N.C3H7PS2/c1-4(2)5-3;1-2-5-4-6-3-1/h4-5H,1-3H3;4H,1-3H2. The molecule has 0 aliphatic carbocycles. The molecule has 1 fully saturated rings. The minimum absolute atomic E-state index is 0.634. The minimum atomic E-state index is 0.634. The lowest BCUT2D eigenvalue weighted by Gasteiger charge is -2.05. The van der Waals surface area contributed by atoms with Gasteiger partial charge in [0.15, 0.2) is 0 Å². The Bertz CT molecular complexity index is 65.3. The van der Waals surface area contributed by atoms with Crippen LogP contribution < -0.4 is 5.32 Å². The van der Waals surface area contributed by atoms with Gasteiger partial charge >= 0.3 is 0 Å². The zero-order valence-electron chi connectivity index (χ0n) is 7.52. The van der Waals surface area contributed by atoms with Gasteiger partial charge in [-0.25, -0.2) is 0 Å². The summed E-state index contributed by atoms with van der Waals surface area (Å²) in [6, 6.07) is 0.634. The highest BCUT2D eigenvalue weighted by Gasteiger charge is 1.96. The lowest BCUT2D eigenvalue weighted by molar-refractivity contribution is 0.668. The molecule has 0 aromatic heterocycles. The molecular weight excluding hydrogens is 193 g/mol. The summed E-state index contributed by atoms with van der Waals surface area (Å²) < 4.78 is 0. The van der Waals surface area contributed by atoms with Crippen LogP contribution in [0.25, 0.3) is 0 Å². The van der Waals surface area contributed by atoms with Gasteiger partial charge < -0.3 is 5.32 Å². The van der Waals surface area contributed by atoms with Gasteiger partial charge in [0.25, 0.3) is 0 Å². The van der Waals surface area contributed by atoms with E-state index in [2.05, 4.69) is 41.9 Å². The summed E-state index contributed by atoms with van der Waals surface area (Å²) in [5, 5.41) is 3.03. The lowest BCUT2D eigenvalue weighted by atomic mass is 10.4. The van der Waals surface area contributed by atoms with Crippen molar-refractivity contribution in [1.82, 2.24) is 5.32 Å². The highest BCUT2D eigenvalue weighted by molar-refractivity contribution is 8.82. The summed E-state index contributed by atoms with van der Waals surface area (Å²) in [5.41, 5.74) is 0. The molecule has 4 heteroatoms. The van der Waals surface area contributed by atoms with Crippen LogP contribution in [0.2, 0.25) is 0 Å². The van der Waals surface area contributed by atoms with E-state index in [0.29, 0.717) is 6.04 Å². The van der Waals surface area contributed by atoms with Crippen LogP contribution in [0.1, 0.15) is 20.3 Å². The molecule has 0 bridgehead atoms. The van der Waals surface area contributed by atoms with Crippen LogP contribution in [-0.4, -0.2) is 24.6 Å². The van der Waals surface area contributed by atoms with Gasteiger partial charge in [-0.3, -0.25) is 0 Å². The molecule has 1 nitrogen and oxygen atoms in total. The second-order valence-corrected chi connectivity index (χ2v) is 7.87. The largest absolute Gasteiger partial charge is 0.318 e. The smallest absolute Gasteiger partial charge is 0.000733 e. The van der Waals surface area contributed by atoms with Crippen LogP contribution >= 0.6 is 29.7 Å². The molecule has 0 radical (unpaired) electrons. The third kappa shape index (κ3) is 11.1. The zero-order valence-corrected chi connectivity index (χ0v) is 10.1. The Morgan fingerprint density at radius 1 is 1.27 bits per heavy atom. The maximum absolute atomic E-state index is 3.03. The fourth-order valence-corrected chi connectivity index (χ4v) is 5.20. The van der Waals surface area contributed by atoms with Gasteiger partial charge in [0.1, 0.15) is 0 Å². The van der Waals surface area contributed by atoms with Crippen molar-refractivity contribution >= 4 is 29.7 Å². The molecule has 1 heterocycles. The van der Waals surface area contributed by atoms with Crippen molar-refractivity contribution in [3.8, 4) is 0 Å². The van der Waals surface area contributed by atoms with Gasteiger partial charge in [-0.05, 0) is 32.0 Å². The monoisotopic (exact) mass is 211 g/mol. The molecule has 11 heavy (non-hydrogen) atoms. The molecule has 1 N–H and O–H groups in total. The molecule has 68 valence electrons. The Kier molecular flexibility index (Phi) is 10.1. The van der Waals surface area contributed by atoms with E-state index >= 15 is 0 Å². The van der Waals surface area contributed by atoms with Gasteiger partial charge in [0, 0.05) is 6.04 Å². The molecular formula is C7H18NPS2. The van der Waals surface area contributed by atoms with E-state index < -0.39 is 0 Å². The van der Waals surface area contributed by atoms with Crippen molar-refractivity contribution < 1.29 is 0 Å². The van der Waals surface area contributed by atoms with Crippen LogP contribution in [0, 0.1) is 0 Å². The third-order valence-corrected chi connectivity index (χ3v) is 6.46. The molecule has 1 rings (SSSR count). The highest BCUT2D eigenvalue weighted by atomic mass is 33.1. The molecule has 0 spiro atoms. The number of hydrogen-bond acceptors (Lipinski definition) is 3. The molecule has 0 amide bonds. The van der Waals surface area contributed by atoms with Crippen LogP contribution in [0.15, 0.2) is 0 Å². The SMILES string of the molecule is C1CSPSC1.CNC(C)C. The van der Waals surface area contributed by atoms with Gasteiger partial charge in [-0.15, -0.1) is 22.8 Å². The molecule has 0 atom stereocenters. The van der Waals surface area contributed by atoms with Crippen molar-refractivity contribution in [1.29, 1.82) is 0 Å². The molecule has 0 aromatic carbocycles. The molecule has 0 saturated carbocycles. The summed E-state index contributed by atoms with van der Waals surface area (Å²) in [4.78, 5) is 0. The Morgan fingerprint density at radius 2 is 1.73 bits per heavy atom. The van der Waals surface area contributed by atoms with Crippen molar-refractivity contribution in [3.63, 3.8) is 0 Å². The average molecular weight is 211 g/mol. The van der Waals surface area contributed by atoms with Gasteiger partial charge in [-0.2, -0.15) is 0 Å². The minimum Gasteiger partial charge on any atom is -0.318 e. The van der Waals surface area contributed by atoms with Gasteiger partial charge in [0.2, 0.25) is 0 Å². The van der Waals surface area contributed by atoms with Crippen LogP contribution in [0.5, 0.6) is 0 Å². The molecule has 1 aliphatic heterocycles. The Balaban J connectivity index is 0.000000187. The van der Waals surface area contributed by atoms with Crippen molar-refractivity contribution in [3.05, 3.63) is 0 Å². The van der Waals surface area contributed by atoms with Crippen molar-refractivity contribution in [2.45, 2.75) is 26.3 Å². The van der Waals surface area contributed by atoms with Crippen LogP contribution in [0.4, 0.5) is 0 Å². The summed E-state index contributed by atoms with van der Waals surface area (Å²) >= 11 is 4.17. The quantitative estimate of drug-likeness (QED) is 0.670. The second kappa shape index (κ2) is 9.18. The maximum Gasteiger partial charge on any atom is 0.000733 e. The lowest BCUT2D eigenvalue weighted by Crippen LogP contribution is -2.15. The molecule has 0 aromatic rings. The topological polar surface area (TPSA) is 12.0 Å². The Hall–Kier alpha value is 1.09. The van der Waals surface area contributed by atoms with Gasteiger partial charge in [-0.1, -0.05) is 13.8 Å². The van der Waals surface area contributed by atoms with E-state index in [4.69, 9.17) is 0 Å². The zero-order chi connectivity index (χ0) is 8.53. The summed E-state index contributed by atoms with van der Waals surface area (Å²) in [5.74, 6) is 2.82. The van der Waals surface area contributed by atoms with Crippen molar-refractivity contribution in [2.75, 3.05) is 18.6 Å². The van der Waals surface area contributed by atoms with Crippen LogP contribution in [0.3, 0.4) is 0 Å². The number of nitrogens with one attached hydrogen (secondary N) is 1. The van der Waals surface area contributed by atoms with E-state index in [1.807, 2.05) is 7.05 Å². The third-order valence-electron chi connectivity index (χ3n) is 1.19. The van der Waals surface area contributed by atoms with E-state index in [1.165, 1.54) is 17.9 Å². The fraction of sp³-hybridized carbons (Fsp3) is 1.00. The maximum atomic E-state index is 3.03. The van der Waals surface area contributed by atoms with E-state index in [-0.39, 0.29) is 0 Å². The van der Waals surface area contributed by atoms with E-state index in [1.54, 1.807) is 0 Å². The predicted molar refractivity (Wildman–Crippen MR) is 62.0 cm³/mol. The van der Waals surface area contributed by atoms with Gasteiger partial charge in [0.05, 0.1) is 0 Å². The molecule has 0 unspecified atom stereocenters. The summed E-state index contributed by atoms with van der Waals surface area (Å²) in [7, 11) is 1.95. The first-order valence-corrected chi connectivity index (χ1v) is 8.35. The van der Waals surface area contributed by atoms with E-state index in [0.717, 1.165) is 6.98 Å². The Morgan fingerprint density at radius 3 is 1.82 bits per heavy atom. The predicted octanol–water partition coefficient (Wildman–Crippen LogP) is 2.98. The summed E-state index contributed by atoms with van der Waals surface area (Å²) in [6.07, 6.45) is 1.43. The fourth-order valence-electron chi connectivity index (χ4n) is 0.328. The Labute approximate surface area is 80.1 Å². The van der Waals surface area contributed by atoms with Crippen LogP contribution in [-0.2, 0) is 0 Å². The number of hydrogen-bond donors (Lipinski definition) is 1. The summed E-state index contributed by atoms with van der Waals surface area (Å²) in [6.45, 7) is 5.36.